The summed E-state index contributed by atoms with van der Waals surface area (Å²) < 4.78 is 5.63. The van der Waals surface area contributed by atoms with Crippen molar-refractivity contribution >= 4 is 0 Å². The lowest BCUT2D eigenvalue weighted by molar-refractivity contribution is -0.0192. The average Bonchev–Trinajstić information content (AvgIpc) is 2.48. The van der Waals surface area contributed by atoms with Gasteiger partial charge in [0, 0.05) is 25.7 Å². The third-order valence-corrected chi connectivity index (χ3v) is 4.26. The monoisotopic (exact) mass is 290 g/mol. The minimum atomic E-state index is 0.374. The zero-order valence-corrected chi connectivity index (χ0v) is 13.8. The summed E-state index contributed by atoms with van der Waals surface area (Å²) >= 11 is 0. The zero-order chi connectivity index (χ0) is 15.1. The molecule has 1 aliphatic heterocycles. The van der Waals surface area contributed by atoms with Crippen molar-refractivity contribution in [2.75, 3.05) is 32.8 Å². The molecule has 3 nitrogen and oxygen atoms in total. The first-order valence-corrected chi connectivity index (χ1v) is 8.33. The highest BCUT2D eigenvalue weighted by Gasteiger charge is 2.19. The van der Waals surface area contributed by atoms with Crippen LogP contribution in [0.25, 0.3) is 0 Å². The van der Waals surface area contributed by atoms with E-state index in [-0.39, 0.29) is 0 Å². The topological polar surface area (TPSA) is 24.5 Å². The van der Waals surface area contributed by atoms with Gasteiger partial charge in [-0.3, -0.25) is 4.90 Å². The molecule has 0 aliphatic carbocycles. The van der Waals surface area contributed by atoms with E-state index >= 15 is 0 Å². The lowest BCUT2D eigenvalue weighted by Crippen LogP contribution is -2.42. The fraction of sp³-hybridized carbons (Fsp3) is 0.667. The van der Waals surface area contributed by atoms with Crippen molar-refractivity contribution in [2.24, 2.45) is 0 Å². The van der Waals surface area contributed by atoms with Crippen LogP contribution in [-0.4, -0.2) is 43.8 Å². The van der Waals surface area contributed by atoms with E-state index in [1.807, 2.05) is 0 Å². The minimum Gasteiger partial charge on any atom is -0.376 e. The molecule has 0 aromatic heterocycles. The van der Waals surface area contributed by atoms with E-state index in [1.165, 1.54) is 17.5 Å². The summed E-state index contributed by atoms with van der Waals surface area (Å²) in [7, 11) is 0. The third kappa shape index (κ3) is 5.10. The van der Waals surface area contributed by atoms with Crippen LogP contribution >= 0.6 is 0 Å². The van der Waals surface area contributed by atoms with Crippen molar-refractivity contribution in [2.45, 2.75) is 45.8 Å². The molecule has 1 saturated heterocycles. The zero-order valence-electron chi connectivity index (χ0n) is 13.8. The Morgan fingerprint density at radius 3 is 2.90 bits per heavy atom. The molecule has 0 spiro atoms. The largest absolute Gasteiger partial charge is 0.376 e. The highest BCUT2D eigenvalue weighted by molar-refractivity contribution is 5.28. The molecule has 3 heteroatoms. The second-order valence-corrected chi connectivity index (χ2v) is 6.13. The van der Waals surface area contributed by atoms with Crippen LogP contribution < -0.4 is 5.32 Å². The summed E-state index contributed by atoms with van der Waals surface area (Å²) in [5, 5.41) is 3.72. The highest BCUT2D eigenvalue weighted by atomic mass is 16.5. The fourth-order valence-corrected chi connectivity index (χ4v) is 3.07. The van der Waals surface area contributed by atoms with E-state index in [0.717, 1.165) is 39.2 Å². The molecule has 0 bridgehead atoms. The molecule has 1 heterocycles. The maximum absolute atomic E-state index is 5.63. The highest BCUT2D eigenvalue weighted by Crippen LogP contribution is 2.21. The van der Waals surface area contributed by atoms with E-state index in [0.29, 0.717) is 12.1 Å². The van der Waals surface area contributed by atoms with E-state index in [1.54, 1.807) is 0 Å². The molecule has 2 rings (SSSR count). The van der Waals surface area contributed by atoms with E-state index in [2.05, 4.69) is 55.3 Å². The molecule has 1 N–H and O–H groups in total. The number of hydrogen-bond acceptors (Lipinski definition) is 3. The molecule has 2 unspecified atom stereocenters. The average molecular weight is 290 g/mol. The quantitative estimate of drug-likeness (QED) is 0.835. The van der Waals surface area contributed by atoms with Crippen molar-refractivity contribution in [3.63, 3.8) is 0 Å². The van der Waals surface area contributed by atoms with E-state index in [9.17, 15) is 0 Å². The number of hydrogen-bond donors (Lipinski definition) is 1. The summed E-state index contributed by atoms with van der Waals surface area (Å²) in [6, 6.07) is 9.22. The number of nitrogens with zero attached hydrogens (tertiary/aromatic N) is 1. The van der Waals surface area contributed by atoms with Crippen LogP contribution in [0.5, 0.6) is 0 Å². The van der Waals surface area contributed by atoms with Gasteiger partial charge in [0.15, 0.2) is 0 Å². The molecular formula is C18H30N2O. The van der Waals surface area contributed by atoms with Crippen LogP contribution in [-0.2, 0) is 4.74 Å². The number of rotatable bonds is 7. The lowest BCUT2D eigenvalue weighted by Gasteiger charge is -2.32. The standard InChI is InChI=1S/C18H30N2O/c1-4-10-19-18(17-8-6-5-7-15(17)2)9-11-20-12-13-21-16(3)14-20/h5-8,16,18-19H,4,9-14H2,1-3H3. The second-order valence-electron chi connectivity index (χ2n) is 6.13. The molecule has 0 saturated carbocycles. The molecule has 0 amide bonds. The van der Waals surface area contributed by atoms with Crippen LogP contribution in [0.4, 0.5) is 0 Å². The van der Waals surface area contributed by atoms with E-state index < -0.39 is 0 Å². The van der Waals surface area contributed by atoms with Gasteiger partial charge in [0.2, 0.25) is 0 Å². The van der Waals surface area contributed by atoms with Crippen molar-refractivity contribution in [3.05, 3.63) is 35.4 Å². The van der Waals surface area contributed by atoms with Gasteiger partial charge >= 0.3 is 0 Å². The summed E-state index contributed by atoms with van der Waals surface area (Å²) in [6.07, 6.45) is 2.72. The van der Waals surface area contributed by atoms with Gasteiger partial charge in [-0.15, -0.1) is 0 Å². The van der Waals surface area contributed by atoms with Crippen LogP contribution in [0.2, 0.25) is 0 Å². The summed E-state index contributed by atoms with van der Waals surface area (Å²) in [5.41, 5.74) is 2.84. The maximum Gasteiger partial charge on any atom is 0.0674 e. The fourth-order valence-electron chi connectivity index (χ4n) is 3.07. The Morgan fingerprint density at radius 2 is 2.19 bits per heavy atom. The number of aryl methyl sites for hydroxylation is 1. The van der Waals surface area contributed by atoms with Gasteiger partial charge in [0.1, 0.15) is 0 Å². The number of ether oxygens (including phenoxy) is 1. The molecular weight excluding hydrogens is 260 g/mol. The van der Waals surface area contributed by atoms with Crippen LogP contribution in [0.1, 0.15) is 43.9 Å². The Morgan fingerprint density at radius 1 is 1.38 bits per heavy atom. The summed E-state index contributed by atoms with van der Waals surface area (Å²) in [5.74, 6) is 0. The van der Waals surface area contributed by atoms with Gasteiger partial charge in [0.05, 0.1) is 12.7 Å². The first kappa shape index (κ1) is 16.5. The number of nitrogens with one attached hydrogen (secondary N) is 1. The van der Waals surface area contributed by atoms with Gasteiger partial charge in [-0.2, -0.15) is 0 Å². The molecule has 0 radical (unpaired) electrons. The number of benzene rings is 1. The molecule has 118 valence electrons. The Bertz CT molecular complexity index is 421. The van der Waals surface area contributed by atoms with E-state index in [4.69, 9.17) is 4.74 Å². The third-order valence-electron chi connectivity index (χ3n) is 4.26. The summed E-state index contributed by atoms with van der Waals surface area (Å²) in [4.78, 5) is 2.53. The molecule has 2 atom stereocenters. The van der Waals surface area contributed by atoms with Crippen molar-refractivity contribution < 1.29 is 4.74 Å². The molecule has 1 aliphatic rings. The van der Waals surface area contributed by atoms with Crippen LogP contribution in [0, 0.1) is 6.92 Å². The van der Waals surface area contributed by atoms with Crippen LogP contribution in [0.15, 0.2) is 24.3 Å². The molecule has 21 heavy (non-hydrogen) atoms. The predicted octanol–water partition coefficient (Wildman–Crippen LogP) is 3.15. The predicted molar refractivity (Wildman–Crippen MR) is 88.7 cm³/mol. The summed E-state index contributed by atoms with van der Waals surface area (Å²) in [6.45, 7) is 11.8. The Hall–Kier alpha value is -0.900. The molecule has 1 aromatic carbocycles. The Labute approximate surface area is 129 Å². The van der Waals surface area contributed by atoms with Crippen molar-refractivity contribution in [1.29, 1.82) is 0 Å². The van der Waals surface area contributed by atoms with Gasteiger partial charge in [0.25, 0.3) is 0 Å². The maximum atomic E-state index is 5.63. The van der Waals surface area contributed by atoms with Gasteiger partial charge < -0.3 is 10.1 Å². The second kappa shape index (κ2) is 8.52. The van der Waals surface area contributed by atoms with Gasteiger partial charge in [-0.05, 0) is 44.4 Å². The SMILES string of the molecule is CCCNC(CCN1CCOC(C)C1)c1ccccc1C. The first-order chi connectivity index (χ1) is 10.2. The molecule has 1 fully saturated rings. The minimum absolute atomic E-state index is 0.374. The van der Waals surface area contributed by atoms with Gasteiger partial charge in [-0.1, -0.05) is 31.2 Å². The lowest BCUT2D eigenvalue weighted by atomic mass is 9.98. The first-order valence-electron chi connectivity index (χ1n) is 8.33. The van der Waals surface area contributed by atoms with Crippen molar-refractivity contribution in [3.8, 4) is 0 Å². The Kier molecular flexibility index (Phi) is 6.68. The van der Waals surface area contributed by atoms with Crippen molar-refractivity contribution in [1.82, 2.24) is 10.2 Å². The normalized spacial score (nSPS) is 21.4. The Balaban J connectivity index is 1.94. The molecule has 1 aromatic rings. The van der Waals surface area contributed by atoms with Crippen LogP contribution in [0.3, 0.4) is 0 Å². The smallest absolute Gasteiger partial charge is 0.0674 e. The number of morpholine rings is 1. The van der Waals surface area contributed by atoms with Gasteiger partial charge in [-0.25, -0.2) is 0 Å².